The number of aromatic hydroxyl groups is 12. The van der Waals surface area contributed by atoms with Gasteiger partial charge in [0.25, 0.3) is 0 Å². The van der Waals surface area contributed by atoms with Crippen molar-refractivity contribution in [3.8, 4) is 69.0 Å². The van der Waals surface area contributed by atoms with Crippen LogP contribution in [0.4, 0.5) is 0 Å². The Morgan fingerprint density at radius 2 is 0.353 bits per heavy atom. The zero-order valence-corrected chi connectivity index (χ0v) is 74.3. The van der Waals surface area contributed by atoms with Crippen LogP contribution in [0.25, 0.3) is 0 Å². The van der Waals surface area contributed by atoms with Crippen LogP contribution in [-0.2, 0) is 88.4 Å². The van der Waals surface area contributed by atoms with Crippen LogP contribution in [0.3, 0.4) is 0 Å². The smallest absolute Gasteiger partial charge is 0.185 e. The predicted octanol–water partition coefficient (Wildman–Crippen LogP) is -6.70. The van der Waals surface area contributed by atoms with Crippen LogP contribution >= 0.6 is 0 Å². The number of phenols is 12. The van der Waals surface area contributed by atoms with Crippen molar-refractivity contribution >= 4 is 109 Å². The summed E-state index contributed by atoms with van der Waals surface area (Å²) in [6, 6.07) is 19.0. The van der Waals surface area contributed by atoms with Gasteiger partial charge in [0.2, 0.25) is 0 Å². The van der Waals surface area contributed by atoms with E-state index in [4.69, 9.17) is 68.8 Å². The van der Waals surface area contributed by atoms with E-state index in [0.717, 1.165) is 0 Å². The number of nitrogens with zero attached hydrogens (tertiary/aromatic N) is 12. The molecule has 0 aromatic heterocycles. The number of nitrogens with two attached hydrogens (primary N) is 12. The van der Waals surface area contributed by atoms with Crippen molar-refractivity contribution in [2.24, 2.45) is 129 Å². The summed E-state index contributed by atoms with van der Waals surface area (Å²) in [6.45, 7) is 1.92. The van der Waals surface area contributed by atoms with Crippen LogP contribution in [0.15, 0.2) is 169 Å². The number of aliphatic carboxylic acids is 6. The first-order chi connectivity index (χ1) is 62.4. The van der Waals surface area contributed by atoms with Gasteiger partial charge in [-0.1, -0.05) is 36.4 Å². The molecule has 133 heavy (non-hydrogen) atoms. The molecule has 0 bridgehead atoms. The second kappa shape index (κ2) is 66.5. The molecule has 0 heterocycles. The Bertz CT molecular complexity index is 4200. The van der Waals surface area contributed by atoms with Crippen LogP contribution in [-0.4, -0.2) is 246 Å². The number of carboxylic acids is 6. The van der Waals surface area contributed by atoms with E-state index in [1.807, 2.05) is 0 Å². The number of carbonyl (C=O) groups excluding carboxylic acids is 6. The number of phenolic OH excluding ortho intramolecular Hbond substituents is 12. The number of carboxylic acid groups (broad SMARTS) is 6. The molecule has 48 nitrogen and oxygen atoms in total. The van der Waals surface area contributed by atoms with Gasteiger partial charge in [0.05, 0.1) is 72.1 Å². The molecule has 0 saturated heterocycles. The van der Waals surface area contributed by atoms with Crippen LogP contribution in [0.2, 0.25) is 0 Å². The van der Waals surface area contributed by atoms with E-state index in [1.54, 1.807) is 0 Å². The maximum absolute atomic E-state index is 11.0. The number of rotatable bonds is 48. The number of benzene rings is 6. The topological polar surface area (TPSA) is 944 Å². The van der Waals surface area contributed by atoms with Gasteiger partial charge in [-0.15, -0.1) is 0 Å². The van der Waals surface area contributed by atoms with Crippen molar-refractivity contribution in [3.05, 3.63) is 143 Å². The summed E-state index contributed by atoms with van der Waals surface area (Å²) in [5.74, 6) is -8.74. The van der Waals surface area contributed by atoms with Gasteiger partial charge in [-0.25, -0.2) is 0 Å². The average molecular weight is 1940 g/mol. The van der Waals surface area contributed by atoms with E-state index in [0.29, 0.717) is 111 Å². The molecular weight excluding hydrogens is 1830 g/mol. The summed E-state index contributed by atoms with van der Waals surface area (Å²) in [5, 5.41) is 179. The fraction of sp³-hybridized carbons (Fsp3) is 0.357. The summed E-state index contributed by atoms with van der Waals surface area (Å²) in [4.78, 5) is 112. The molecular formula is C84H114MoN24O24-6. The Hall–Kier alpha value is -15.9. The molecule has 6 atom stereocenters. The summed E-state index contributed by atoms with van der Waals surface area (Å²) >= 11 is 0. The standard InChI is InChI=1S/6C14H20N4O4.Mo/c6*15-14(16)18-6-1-2-11(13(21)22)17-7-5-9-3-4-10(19)8-12(9)20;/h6*3-4,7-8,11,19-20H,1-2,5-6H2,(H,21,22)(H4,15,16,18);/p-6/t6*11-;/m000000./s1. The minimum atomic E-state index is -1.28. The molecule has 0 saturated carbocycles. The molecule has 36 N–H and O–H groups in total. The third-order valence-corrected chi connectivity index (χ3v) is 17.2. The van der Waals surface area contributed by atoms with E-state index in [9.17, 15) is 121 Å². The van der Waals surface area contributed by atoms with Gasteiger partial charge in [-0.3, -0.25) is 59.9 Å². The quantitative estimate of drug-likeness (QED) is 0.00731. The van der Waals surface area contributed by atoms with Crippen molar-refractivity contribution < 1.29 is 142 Å². The third kappa shape index (κ3) is 56.1. The van der Waals surface area contributed by atoms with Crippen molar-refractivity contribution in [1.82, 2.24) is 0 Å². The molecule has 0 unspecified atom stereocenters. The molecule has 0 aliphatic rings. The molecule has 0 amide bonds. The first-order valence-electron chi connectivity index (χ1n) is 40.1. The van der Waals surface area contributed by atoms with Gasteiger partial charge in [0.15, 0.2) is 35.8 Å². The van der Waals surface area contributed by atoms with Crippen LogP contribution in [0.1, 0.15) is 110 Å². The third-order valence-electron chi connectivity index (χ3n) is 17.2. The predicted molar refractivity (Wildman–Crippen MR) is 484 cm³/mol. The molecule has 0 fully saturated rings. The Morgan fingerprint density at radius 3 is 0.451 bits per heavy atom. The molecule has 6 aromatic carbocycles. The van der Waals surface area contributed by atoms with Gasteiger partial charge >= 0.3 is 0 Å². The molecule has 0 spiro atoms. The van der Waals surface area contributed by atoms with Crippen molar-refractivity contribution in [2.45, 2.75) is 152 Å². The second-order valence-electron chi connectivity index (χ2n) is 27.8. The molecule has 726 valence electrons. The molecule has 0 aliphatic carbocycles. The summed E-state index contributed by atoms with van der Waals surface area (Å²) in [7, 11) is 0. The summed E-state index contributed by atoms with van der Waals surface area (Å²) in [5.41, 5.74) is 65.2. The molecule has 49 heteroatoms. The van der Waals surface area contributed by atoms with Gasteiger partial charge in [-0.05, 0) is 147 Å². The van der Waals surface area contributed by atoms with E-state index in [-0.39, 0.29) is 203 Å². The van der Waals surface area contributed by atoms with Crippen molar-refractivity contribution in [2.75, 3.05) is 39.3 Å². The van der Waals surface area contributed by atoms with Gasteiger partial charge in [0, 0.05) is 173 Å². The fourth-order valence-corrected chi connectivity index (χ4v) is 10.5. The molecule has 6 aromatic rings. The number of hydrogen-bond acceptors (Lipinski definition) is 36. The normalized spacial score (nSPS) is 12.1. The Morgan fingerprint density at radius 1 is 0.233 bits per heavy atom. The minimum absolute atomic E-state index is 0. The molecule has 6 rings (SSSR count). The van der Waals surface area contributed by atoms with E-state index >= 15 is 0 Å². The number of aliphatic imine (C=N–C) groups is 12. The van der Waals surface area contributed by atoms with Crippen molar-refractivity contribution in [3.63, 3.8) is 0 Å². The maximum Gasteiger partial charge on any atom is 0.185 e. The van der Waals surface area contributed by atoms with E-state index < -0.39 is 72.1 Å². The SMILES string of the molecule is NC(N)=NCCC[C@H](N=CCc1ccc(O)cc1O)C(=O)[O-].NC(N)=NCCC[C@H](N=CCc1ccc(O)cc1O)C(=O)[O-].NC(N)=NCCC[C@H](N=CCc1ccc(O)cc1O)C(=O)[O-].NC(N)=NCCC[C@H](N=CCc1ccc(O)cc1O)C(=O)[O-].NC(N)=NCCC[C@H](N=CCc1ccc(O)cc1O)C(=O)[O-].NC(N)=NCCC[C@H](N=CCc1ccc(O)cc1O)C(=O)[O-].[Mo]. The average Bonchev–Trinajstić information content (AvgIpc) is 0.902. The monoisotopic (exact) mass is 1940 g/mol. The number of hydrogen-bond donors (Lipinski definition) is 24. The Kier molecular flexibility index (Phi) is 58.5. The maximum atomic E-state index is 11.0. The van der Waals surface area contributed by atoms with Crippen LogP contribution in [0.5, 0.6) is 69.0 Å². The molecule has 0 aliphatic heterocycles. The van der Waals surface area contributed by atoms with Gasteiger partial charge in [-0.2, -0.15) is 0 Å². The summed E-state index contributed by atoms with van der Waals surface area (Å²) < 4.78 is 0. The van der Waals surface area contributed by atoms with Crippen LogP contribution in [0, 0.1) is 0 Å². The first-order valence-corrected chi connectivity index (χ1v) is 40.1. The summed E-state index contributed by atoms with van der Waals surface area (Å²) in [6.07, 6.45) is 14.0. The van der Waals surface area contributed by atoms with E-state index in [1.165, 1.54) is 146 Å². The zero-order chi connectivity index (χ0) is 99.2. The largest absolute Gasteiger partial charge is 0.548 e. The Labute approximate surface area is 778 Å². The number of carbonyl (C=O) groups is 6. The second-order valence-corrected chi connectivity index (χ2v) is 27.8. The van der Waals surface area contributed by atoms with E-state index in [2.05, 4.69) is 59.9 Å². The van der Waals surface area contributed by atoms with Gasteiger partial charge in [0.1, 0.15) is 69.0 Å². The van der Waals surface area contributed by atoms with Gasteiger partial charge < -0.3 is 189 Å². The molecule has 0 radical (unpaired) electrons. The number of guanidine groups is 6. The fourth-order valence-electron chi connectivity index (χ4n) is 10.5. The Balaban J connectivity index is 0.00000157. The first kappa shape index (κ1) is 117. The van der Waals surface area contributed by atoms with Crippen molar-refractivity contribution in [1.29, 1.82) is 0 Å². The minimum Gasteiger partial charge on any atom is -0.548 e. The van der Waals surface area contributed by atoms with Crippen LogP contribution < -0.4 is 99.4 Å². The zero-order valence-electron chi connectivity index (χ0n) is 72.3.